The van der Waals surface area contributed by atoms with Crippen LogP contribution in [0.5, 0.6) is 0 Å². The van der Waals surface area contributed by atoms with Gasteiger partial charge in [0.2, 0.25) is 0 Å². The number of anilines is 1. The fourth-order valence-corrected chi connectivity index (χ4v) is 2.24. The van der Waals surface area contributed by atoms with Gasteiger partial charge >= 0.3 is 5.97 Å². The molecule has 15 heavy (non-hydrogen) atoms. The van der Waals surface area contributed by atoms with Crippen molar-refractivity contribution in [3.05, 3.63) is 11.3 Å². The molecule has 82 valence electrons. The lowest BCUT2D eigenvalue weighted by atomic mass is 9.87. The molecule has 1 heterocycles. The van der Waals surface area contributed by atoms with Crippen LogP contribution in [-0.2, 0) is 23.2 Å². The average molecular weight is 209 g/mol. The van der Waals surface area contributed by atoms with Crippen molar-refractivity contribution in [1.29, 1.82) is 0 Å². The third-order valence-electron chi connectivity index (χ3n) is 3.01. The maximum absolute atomic E-state index is 10.6. The summed E-state index contributed by atoms with van der Waals surface area (Å²) in [5.74, 6) is -0.407. The molecule has 0 spiro atoms. The zero-order valence-electron chi connectivity index (χ0n) is 8.95. The number of nitrogens with zero attached hydrogens (tertiary/aromatic N) is 2. The fraction of sp³-hybridized carbons (Fsp3) is 0.600. The first-order valence-electron chi connectivity index (χ1n) is 4.99. The number of fused-ring (bicyclic) bond motifs is 1. The van der Waals surface area contributed by atoms with Gasteiger partial charge in [-0.15, -0.1) is 0 Å². The van der Waals surface area contributed by atoms with Gasteiger partial charge in [-0.3, -0.25) is 4.79 Å². The molecule has 1 aromatic heterocycles. The van der Waals surface area contributed by atoms with Crippen LogP contribution in [0.2, 0.25) is 0 Å². The van der Waals surface area contributed by atoms with E-state index in [1.165, 1.54) is 4.68 Å². The summed E-state index contributed by atoms with van der Waals surface area (Å²) < 4.78 is 1.38. The van der Waals surface area contributed by atoms with Crippen molar-refractivity contribution in [2.75, 3.05) is 5.73 Å². The van der Waals surface area contributed by atoms with E-state index in [1.807, 2.05) is 0 Å². The zero-order chi connectivity index (χ0) is 11.2. The van der Waals surface area contributed by atoms with Crippen LogP contribution in [-0.4, -0.2) is 20.9 Å². The van der Waals surface area contributed by atoms with Crippen molar-refractivity contribution >= 4 is 11.8 Å². The van der Waals surface area contributed by atoms with E-state index >= 15 is 0 Å². The first kappa shape index (κ1) is 10.0. The zero-order valence-corrected chi connectivity index (χ0v) is 8.95. The molecule has 5 heteroatoms. The molecule has 2 rings (SSSR count). The van der Waals surface area contributed by atoms with Crippen LogP contribution in [0.4, 0.5) is 5.82 Å². The minimum atomic E-state index is -0.916. The molecule has 0 aliphatic heterocycles. The van der Waals surface area contributed by atoms with Crippen LogP contribution in [0.3, 0.4) is 0 Å². The Morgan fingerprint density at radius 2 is 2.33 bits per heavy atom. The van der Waals surface area contributed by atoms with Crippen LogP contribution >= 0.6 is 0 Å². The maximum Gasteiger partial charge on any atom is 0.325 e. The van der Waals surface area contributed by atoms with Gasteiger partial charge in [-0.25, -0.2) is 4.68 Å². The summed E-state index contributed by atoms with van der Waals surface area (Å²) in [5, 5.41) is 12.9. The second kappa shape index (κ2) is 2.98. The molecule has 1 aliphatic carbocycles. The molecule has 3 N–H and O–H groups in total. The van der Waals surface area contributed by atoms with Crippen molar-refractivity contribution in [1.82, 2.24) is 9.78 Å². The Morgan fingerprint density at radius 1 is 1.67 bits per heavy atom. The van der Waals surface area contributed by atoms with Gasteiger partial charge in [0.05, 0.1) is 5.69 Å². The number of nitrogen functional groups attached to an aromatic ring is 1. The number of aromatic nitrogens is 2. The lowest BCUT2D eigenvalue weighted by molar-refractivity contribution is -0.137. The van der Waals surface area contributed by atoms with Crippen LogP contribution in [0.1, 0.15) is 31.5 Å². The van der Waals surface area contributed by atoms with Crippen LogP contribution in [0, 0.1) is 0 Å². The normalized spacial score (nSPS) is 17.7. The topological polar surface area (TPSA) is 81.1 Å². The van der Waals surface area contributed by atoms with Crippen LogP contribution < -0.4 is 5.73 Å². The van der Waals surface area contributed by atoms with E-state index in [0.29, 0.717) is 5.82 Å². The first-order valence-corrected chi connectivity index (χ1v) is 4.99. The first-order chi connectivity index (χ1) is 6.92. The summed E-state index contributed by atoms with van der Waals surface area (Å²) in [6.07, 6.45) is 1.92. The predicted molar refractivity (Wildman–Crippen MR) is 55.6 cm³/mol. The smallest absolute Gasteiger partial charge is 0.325 e. The molecule has 1 aromatic rings. The molecular weight excluding hydrogens is 194 g/mol. The summed E-state index contributed by atoms with van der Waals surface area (Å²) in [6, 6.07) is 0. The molecule has 0 unspecified atom stereocenters. The minimum absolute atomic E-state index is 0.0240. The summed E-state index contributed by atoms with van der Waals surface area (Å²) in [5.41, 5.74) is 7.93. The fourth-order valence-electron chi connectivity index (χ4n) is 2.24. The average Bonchev–Trinajstić information content (AvgIpc) is 2.54. The molecular formula is C10H15N3O2. The van der Waals surface area contributed by atoms with Crippen molar-refractivity contribution in [2.24, 2.45) is 0 Å². The number of hydrogen-bond donors (Lipinski definition) is 2. The highest BCUT2D eigenvalue weighted by atomic mass is 16.4. The lowest BCUT2D eigenvalue weighted by Gasteiger charge is -2.18. The Morgan fingerprint density at radius 3 is 2.87 bits per heavy atom. The Bertz CT molecular complexity index is 421. The van der Waals surface area contributed by atoms with Crippen molar-refractivity contribution < 1.29 is 9.90 Å². The SMILES string of the molecule is CC1(C)CCc2nn(CC(=O)O)c(N)c21. The third kappa shape index (κ3) is 1.48. The predicted octanol–water partition coefficient (Wildman–Crippen LogP) is 0.774. The number of carbonyl (C=O) groups is 1. The van der Waals surface area contributed by atoms with Crippen LogP contribution in [0.25, 0.3) is 0 Å². The quantitative estimate of drug-likeness (QED) is 0.754. The van der Waals surface area contributed by atoms with Crippen molar-refractivity contribution in [2.45, 2.75) is 38.6 Å². The van der Waals surface area contributed by atoms with E-state index in [2.05, 4.69) is 18.9 Å². The molecule has 1 aliphatic rings. The molecule has 0 saturated heterocycles. The molecule has 0 radical (unpaired) electrons. The second-order valence-corrected chi connectivity index (χ2v) is 4.64. The largest absolute Gasteiger partial charge is 0.480 e. The highest BCUT2D eigenvalue weighted by Crippen LogP contribution is 2.41. The Balaban J connectivity index is 2.44. The summed E-state index contributed by atoms with van der Waals surface area (Å²) in [4.78, 5) is 10.6. The molecule has 0 aromatic carbocycles. The number of rotatable bonds is 2. The van der Waals surface area contributed by atoms with Gasteiger partial charge in [-0.2, -0.15) is 5.10 Å². The molecule has 0 atom stereocenters. The van der Waals surface area contributed by atoms with Gasteiger partial charge in [0.15, 0.2) is 0 Å². The highest BCUT2D eigenvalue weighted by molar-refractivity contribution is 5.67. The monoisotopic (exact) mass is 209 g/mol. The van der Waals surface area contributed by atoms with Crippen molar-refractivity contribution in [3.8, 4) is 0 Å². The van der Waals surface area contributed by atoms with E-state index in [1.54, 1.807) is 0 Å². The summed E-state index contributed by atoms with van der Waals surface area (Å²) in [6.45, 7) is 4.07. The van der Waals surface area contributed by atoms with E-state index in [4.69, 9.17) is 10.8 Å². The Hall–Kier alpha value is -1.52. The molecule has 0 amide bonds. The van der Waals surface area contributed by atoms with E-state index in [9.17, 15) is 4.79 Å². The second-order valence-electron chi connectivity index (χ2n) is 4.64. The number of carboxylic acid groups (broad SMARTS) is 1. The van der Waals surface area contributed by atoms with Gasteiger partial charge in [0, 0.05) is 5.56 Å². The van der Waals surface area contributed by atoms with Gasteiger partial charge < -0.3 is 10.8 Å². The Labute approximate surface area is 87.9 Å². The maximum atomic E-state index is 10.6. The lowest BCUT2D eigenvalue weighted by Crippen LogP contribution is -2.18. The molecule has 0 fully saturated rings. The number of nitrogens with two attached hydrogens (primary N) is 1. The van der Waals surface area contributed by atoms with Gasteiger partial charge in [0.25, 0.3) is 0 Å². The van der Waals surface area contributed by atoms with Gasteiger partial charge in [-0.1, -0.05) is 13.8 Å². The number of hydrogen-bond acceptors (Lipinski definition) is 3. The van der Waals surface area contributed by atoms with Gasteiger partial charge in [0.1, 0.15) is 12.4 Å². The summed E-state index contributed by atoms with van der Waals surface area (Å²) >= 11 is 0. The number of aryl methyl sites for hydroxylation is 1. The highest BCUT2D eigenvalue weighted by Gasteiger charge is 2.35. The summed E-state index contributed by atoms with van der Waals surface area (Å²) in [7, 11) is 0. The molecule has 5 nitrogen and oxygen atoms in total. The van der Waals surface area contributed by atoms with E-state index in [0.717, 1.165) is 24.1 Å². The van der Waals surface area contributed by atoms with Gasteiger partial charge in [-0.05, 0) is 18.3 Å². The number of aliphatic carboxylic acids is 1. The number of carboxylic acids is 1. The molecule has 0 saturated carbocycles. The molecule has 0 bridgehead atoms. The standard InChI is InChI=1S/C10H15N3O2/c1-10(2)4-3-6-8(10)9(11)13(12-6)5-7(14)15/h3-5,11H2,1-2H3,(H,14,15). The van der Waals surface area contributed by atoms with E-state index in [-0.39, 0.29) is 12.0 Å². The van der Waals surface area contributed by atoms with Crippen LogP contribution in [0.15, 0.2) is 0 Å². The third-order valence-corrected chi connectivity index (χ3v) is 3.01. The van der Waals surface area contributed by atoms with E-state index < -0.39 is 5.97 Å². The Kier molecular flexibility index (Phi) is 1.99. The van der Waals surface area contributed by atoms with Crippen molar-refractivity contribution in [3.63, 3.8) is 0 Å². The minimum Gasteiger partial charge on any atom is -0.480 e.